The van der Waals surface area contributed by atoms with Gasteiger partial charge in [-0.25, -0.2) is 4.98 Å². The highest BCUT2D eigenvalue weighted by atomic mass is 19.4. The molecule has 2 aromatic carbocycles. The Balaban J connectivity index is 1.68. The van der Waals surface area contributed by atoms with Gasteiger partial charge in [0.2, 0.25) is 5.88 Å². The number of rotatable bonds is 7. The average molecular weight is 506 g/mol. The highest BCUT2D eigenvalue weighted by Gasteiger charge is 2.32. The van der Waals surface area contributed by atoms with E-state index in [2.05, 4.69) is 15.3 Å². The Morgan fingerprint density at radius 1 is 0.973 bits per heavy atom. The van der Waals surface area contributed by atoms with Crippen LogP contribution in [0.3, 0.4) is 0 Å². The number of hydrogen-bond donors (Lipinski definition) is 1. The minimum absolute atomic E-state index is 0.0422. The molecule has 1 amide bonds. The lowest BCUT2D eigenvalue weighted by Gasteiger charge is -2.15. The third-order valence-electron chi connectivity index (χ3n) is 5.78. The molecule has 8 heteroatoms. The van der Waals surface area contributed by atoms with E-state index in [4.69, 9.17) is 4.74 Å². The number of nitrogens with one attached hydrogen (secondary N) is 1. The summed E-state index contributed by atoms with van der Waals surface area (Å²) in [5.41, 5.74) is 2.55. The summed E-state index contributed by atoms with van der Waals surface area (Å²) >= 11 is 0. The van der Waals surface area contributed by atoms with Crippen LogP contribution in [0.4, 0.5) is 18.9 Å². The molecule has 0 saturated carbocycles. The highest BCUT2D eigenvalue weighted by Crippen LogP contribution is 2.37. The lowest BCUT2D eigenvalue weighted by atomic mass is 10.0. The molecule has 0 bridgehead atoms. The summed E-state index contributed by atoms with van der Waals surface area (Å²) in [7, 11) is 0. The van der Waals surface area contributed by atoms with Crippen molar-refractivity contribution in [2.75, 3.05) is 5.32 Å². The number of amides is 1. The normalized spacial score (nSPS) is 11.4. The first-order chi connectivity index (χ1) is 17.6. The summed E-state index contributed by atoms with van der Waals surface area (Å²) in [6.07, 6.45) is -0.762. The van der Waals surface area contributed by atoms with Crippen LogP contribution in [0, 0.1) is 0 Å². The second-order valence-corrected chi connectivity index (χ2v) is 8.83. The Morgan fingerprint density at radius 2 is 1.78 bits per heavy atom. The number of alkyl halides is 3. The number of hydrogen-bond acceptors (Lipinski definition) is 4. The van der Waals surface area contributed by atoms with Crippen molar-refractivity contribution in [1.82, 2.24) is 9.97 Å². The van der Waals surface area contributed by atoms with Crippen LogP contribution in [0.25, 0.3) is 11.1 Å². The molecule has 0 fully saturated rings. The second-order valence-electron chi connectivity index (χ2n) is 8.83. The number of anilines is 1. The van der Waals surface area contributed by atoms with E-state index < -0.39 is 17.6 Å². The van der Waals surface area contributed by atoms with Gasteiger partial charge in [-0.2, -0.15) is 13.2 Å². The van der Waals surface area contributed by atoms with Crippen LogP contribution in [0.5, 0.6) is 11.6 Å². The molecule has 4 rings (SSSR count). The lowest BCUT2D eigenvalue weighted by Crippen LogP contribution is -2.14. The van der Waals surface area contributed by atoms with Gasteiger partial charge < -0.3 is 10.1 Å². The van der Waals surface area contributed by atoms with Crippen molar-refractivity contribution in [3.8, 4) is 22.8 Å². The zero-order chi connectivity index (χ0) is 26.6. The molecule has 2 aromatic heterocycles. The summed E-state index contributed by atoms with van der Waals surface area (Å²) in [5, 5.41) is 2.58. The Kier molecular flexibility index (Phi) is 7.57. The van der Waals surface area contributed by atoms with Crippen LogP contribution in [0.1, 0.15) is 53.9 Å². The van der Waals surface area contributed by atoms with E-state index in [-0.39, 0.29) is 23.2 Å². The molecule has 0 spiro atoms. The molecule has 0 atom stereocenters. The van der Waals surface area contributed by atoms with E-state index in [1.54, 1.807) is 42.6 Å². The topological polar surface area (TPSA) is 64.1 Å². The quantitative estimate of drug-likeness (QED) is 0.277. The molecule has 4 aromatic rings. The smallest absolute Gasteiger partial charge is 0.416 e. The fourth-order valence-corrected chi connectivity index (χ4v) is 3.78. The van der Waals surface area contributed by atoms with E-state index in [9.17, 15) is 18.0 Å². The zero-order valence-electron chi connectivity index (χ0n) is 20.6. The zero-order valence-corrected chi connectivity index (χ0v) is 20.6. The van der Waals surface area contributed by atoms with Gasteiger partial charge in [0.05, 0.1) is 5.56 Å². The first kappa shape index (κ1) is 25.9. The second kappa shape index (κ2) is 10.8. The molecule has 0 radical (unpaired) electrons. The Hall–Kier alpha value is -4.20. The highest BCUT2D eigenvalue weighted by molar-refractivity contribution is 6.04. The minimum Gasteiger partial charge on any atom is -0.438 e. The third kappa shape index (κ3) is 6.33. The summed E-state index contributed by atoms with van der Waals surface area (Å²) in [6.45, 7) is 5.97. The fraction of sp³-hybridized carbons (Fsp3) is 0.207. The molecule has 0 unspecified atom stereocenters. The SMILES string of the molecule is CCc1cc(-c2cccnc2Oc2cc(NC(=O)c3cccc(C(C)C)c3)cc(C(F)(F)F)c2)ccn1. The van der Waals surface area contributed by atoms with Gasteiger partial charge in [-0.05, 0) is 72.0 Å². The predicted molar refractivity (Wildman–Crippen MR) is 137 cm³/mol. The average Bonchev–Trinajstić information content (AvgIpc) is 2.88. The van der Waals surface area contributed by atoms with Crippen LogP contribution >= 0.6 is 0 Å². The largest absolute Gasteiger partial charge is 0.438 e. The van der Waals surface area contributed by atoms with Crippen LogP contribution < -0.4 is 10.1 Å². The first-order valence-corrected chi connectivity index (χ1v) is 11.9. The number of carbonyl (C=O) groups is 1. The van der Waals surface area contributed by atoms with Crippen LogP contribution in [0.2, 0.25) is 0 Å². The van der Waals surface area contributed by atoms with E-state index in [0.29, 0.717) is 11.1 Å². The number of aromatic nitrogens is 2. The van der Waals surface area contributed by atoms with Crippen molar-refractivity contribution >= 4 is 11.6 Å². The molecular weight excluding hydrogens is 479 g/mol. The Labute approximate surface area is 213 Å². The van der Waals surface area contributed by atoms with Gasteiger partial charge in [0.25, 0.3) is 5.91 Å². The fourth-order valence-electron chi connectivity index (χ4n) is 3.78. The number of pyridine rings is 2. The molecule has 0 aliphatic rings. The van der Waals surface area contributed by atoms with Crippen molar-refractivity contribution < 1.29 is 22.7 Å². The molecule has 1 N–H and O–H groups in total. The summed E-state index contributed by atoms with van der Waals surface area (Å²) in [6, 6.07) is 17.3. The minimum atomic E-state index is -4.65. The monoisotopic (exact) mass is 505 g/mol. The van der Waals surface area contributed by atoms with Gasteiger partial charge in [-0.3, -0.25) is 9.78 Å². The first-order valence-electron chi connectivity index (χ1n) is 11.9. The molecule has 37 heavy (non-hydrogen) atoms. The van der Waals surface area contributed by atoms with E-state index in [0.717, 1.165) is 35.4 Å². The van der Waals surface area contributed by atoms with Crippen molar-refractivity contribution in [3.05, 3.63) is 102 Å². The van der Waals surface area contributed by atoms with Crippen LogP contribution in [-0.2, 0) is 12.6 Å². The number of halogens is 3. The van der Waals surface area contributed by atoms with Crippen molar-refractivity contribution in [1.29, 1.82) is 0 Å². The number of carbonyl (C=O) groups excluding carboxylic acids is 1. The van der Waals surface area contributed by atoms with E-state index in [1.165, 1.54) is 12.3 Å². The number of aryl methyl sites for hydroxylation is 1. The molecule has 0 aliphatic carbocycles. The molecule has 5 nitrogen and oxygen atoms in total. The number of benzene rings is 2. The predicted octanol–water partition coefficient (Wildman–Crippen LogP) is 7.89. The molecule has 2 heterocycles. The number of nitrogens with zero attached hydrogens (tertiary/aromatic N) is 2. The van der Waals surface area contributed by atoms with E-state index in [1.807, 2.05) is 32.9 Å². The molecular formula is C29H26F3N3O2. The van der Waals surface area contributed by atoms with Crippen molar-refractivity contribution in [2.45, 2.75) is 39.3 Å². The Bertz CT molecular complexity index is 1420. The summed E-state index contributed by atoms with van der Waals surface area (Å²) in [4.78, 5) is 21.4. The maximum absolute atomic E-state index is 13.7. The third-order valence-corrected chi connectivity index (χ3v) is 5.78. The van der Waals surface area contributed by atoms with Crippen LogP contribution in [0.15, 0.2) is 79.1 Å². The van der Waals surface area contributed by atoms with Gasteiger partial charge in [-0.1, -0.05) is 32.9 Å². The number of ether oxygens (including phenoxy) is 1. The summed E-state index contributed by atoms with van der Waals surface area (Å²) in [5.74, 6) is -0.291. The maximum Gasteiger partial charge on any atom is 0.416 e. The van der Waals surface area contributed by atoms with E-state index >= 15 is 0 Å². The van der Waals surface area contributed by atoms with Crippen LogP contribution in [-0.4, -0.2) is 15.9 Å². The van der Waals surface area contributed by atoms with Gasteiger partial charge in [-0.15, -0.1) is 0 Å². The summed E-state index contributed by atoms with van der Waals surface area (Å²) < 4.78 is 47.0. The maximum atomic E-state index is 13.7. The van der Waals surface area contributed by atoms with Gasteiger partial charge in [0, 0.05) is 41.0 Å². The molecule has 190 valence electrons. The van der Waals surface area contributed by atoms with Gasteiger partial charge in [0.15, 0.2) is 0 Å². The molecule has 0 aliphatic heterocycles. The molecule has 0 saturated heterocycles. The van der Waals surface area contributed by atoms with Crippen molar-refractivity contribution in [3.63, 3.8) is 0 Å². The standard InChI is InChI=1S/C29H26F3N3O2/c1-4-23-14-20(10-12-33-23)26-9-6-11-34-28(26)37-25-16-22(29(30,31)32)15-24(17-25)35-27(36)21-8-5-7-19(13-21)18(2)3/h5-18H,4H2,1-3H3,(H,35,36). The van der Waals surface area contributed by atoms with Gasteiger partial charge in [0.1, 0.15) is 5.75 Å². The van der Waals surface area contributed by atoms with Crippen molar-refractivity contribution in [2.24, 2.45) is 0 Å². The van der Waals surface area contributed by atoms with Gasteiger partial charge >= 0.3 is 6.18 Å². The lowest BCUT2D eigenvalue weighted by molar-refractivity contribution is -0.137. The Morgan fingerprint density at radius 3 is 2.51 bits per heavy atom.